The number of nitrogens with one attached hydrogen (secondary N) is 3. The number of benzene rings is 2. The Bertz CT molecular complexity index is 1720. The SMILES string of the molecule is CN(C)CCN(C)c1ccc(C(=O)Nc2n[nH]c3c2CN(S(=O)(=O)c2cc(F)cc(F)c2)CC3(C)C)c(NC(=O)[C@H]2CCCO2)c1. The van der Waals surface area contributed by atoms with Gasteiger partial charge in [-0.25, -0.2) is 17.2 Å². The number of likely N-dealkylation sites (N-methyl/N-ethyl adjacent to an activating group) is 2. The Balaban J connectivity index is 1.44. The molecule has 12 nitrogen and oxygen atoms in total. The van der Waals surface area contributed by atoms with Crippen molar-refractivity contribution >= 4 is 39.0 Å². The van der Waals surface area contributed by atoms with Gasteiger partial charge >= 0.3 is 0 Å². The Hall–Kier alpha value is -3.92. The smallest absolute Gasteiger partial charge is 0.258 e. The predicted molar refractivity (Wildman–Crippen MR) is 169 cm³/mol. The molecule has 0 unspecified atom stereocenters. The quantitative estimate of drug-likeness (QED) is 0.301. The molecule has 0 bridgehead atoms. The number of hydrogen-bond acceptors (Lipinski definition) is 8. The number of ether oxygens (including phenoxy) is 1. The number of amides is 2. The normalized spacial score (nSPS) is 18.0. The number of anilines is 3. The highest BCUT2D eigenvalue weighted by molar-refractivity contribution is 7.89. The first-order valence-corrected chi connectivity index (χ1v) is 16.4. The Morgan fingerprint density at radius 3 is 2.46 bits per heavy atom. The molecule has 2 aliphatic heterocycles. The molecule has 0 radical (unpaired) electrons. The van der Waals surface area contributed by atoms with Crippen LogP contribution in [0.25, 0.3) is 0 Å². The van der Waals surface area contributed by atoms with Crippen molar-refractivity contribution in [2.45, 2.75) is 49.6 Å². The Kier molecular flexibility index (Phi) is 9.50. The lowest BCUT2D eigenvalue weighted by Crippen LogP contribution is -2.45. The fraction of sp³-hybridized carbons (Fsp3) is 0.452. The van der Waals surface area contributed by atoms with Crippen molar-refractivity contribution in [3.05, 3.63) is 64.9 Å². The van der Waals surface area contributed by atoms with Crippen LogP contribution in [0.3, 0.4) is 0 Å². The number of aromatic amines is 1. The number of sulfonamides is 1. The number of carbonyl (C=O) groups excluding carboxylic acids is 2. The van der Waals surface area contributed by atoms with Gasteiger partial charge in [-0.05, 0) is 57.3 Å². The molecule has 248 valence electrons. The van der Waals surface area contributed by atoms with E-state index in [0.717, 1.165) is 35.1 Å². The minimum Gasteiger partial charge on any atom is -0.373 e. The molecule has 5 rings (SSSR count). The summed E-state index contributed by atoms with van der Waals surface area (Å²) in [5.41, 5.74) is 1.48. The van der Waals surface area contributed by atoms with E-state index in [1.165, 1.54) is 0 Å². The van der Waals surface area contributed by atoms with Gasteiger partial charge in [0.15, 0.2) is 5.82 Å². The van der Waals surface area contributed by atoms with Gasteiger partial charge in [0, 0.05) is 68.3 Å². The summed E-state index contributed by atoms with van der Waals surface area (Å²) < 4.78 is 61.6. The number of carbonyl (C=O) groups is 2. The van der Waals surface area contributed by atoms with Crippen LogP contribution in [0.5, 0.6) is 0 Å². The summed E-state index contributed by atoms with van der Waals surface area (Å²) in [7, 11) is 1.54. The molecule has 0 aliphatic carbocycles. The van der Waals surface area contributed by atoms with Gasteiger partial charge in [0.2, 0.25) is 10.0 Å². The van der Waals surface area contributed by atoms with E-state index in [9.17, 15) is 26.8 Å². The second-order valence-corrected chi connectivity index (χ2v) is 14.5. The molecule has 46 heavy (non-hydrogen) atoms. The lowest BCUT2D eigenvalue weighted by atomic mass is 9.84. The van der Waals surface area contributed by atoms with Crippen molar-refractivity contribution in [3.8, 4) is 0 Å². The first-order valence-electron chi connectivity index (χ1n) is 14.9. The number of halogens is 2. The van der Waals surface area contributed by atoms with Crippen molar-refractivity contribution in [3.63, 3.8) is 0 Å². The van der Waals surface area contributed by atoms with Crippen LogP contribution < -0.4 is 15.5 Å². The highest BCUT2D eigenvalue weighted by Gasteiger charge is 2.41. The zero-order chi connectivity index (χ0) is 33.4. The van der Waals surface area contributed by atoms with Crippen LogP contribution in [-0.2, 0) is 31.5 Å². The molecule has 1 fully saturated rings. The van der Waals surface area contributed by atoms with Crippen molar-refractivity contribution in [1.29, 1.82) is 0 Å². The summed E-state index contributed by atoms with van der Waals surface area (Å²) in [6.07, 6.45) is 0.721. The monoisotopic (exact) mass is 659 g/mol. The first kappa shape index (κ1) is 33.4. The molecule has 0 saturated carbocycles. The van der Waals surface area contributed by atoms with Crippen LogP contribution in [0.2, 0.25) is 0 Å². The maximum Gasteiger partial charge on any atom is 0.258 e. The third-order valence-corrected chi connectivity index (χ3v) is 9.98. The van der Waals surface area contributed by atoms with E-state index < -0.39 is 44.0 Å². The van der Waals surface area contributed by atoms with Gasteiger partial charge in [0.1, 0.15) is 17.7 Å². The van der Waals surface area contributed by atoms with E-state index in [-0.39, 0.29) is 36.1 Å². The lowest BCUT2D eigenvalue weighted by Gasteiger charge is -2.36. The van der Waals surface area contributed by atoms with Gasteiger partial charge in [-0.15, -0.1) is 0 Å². The molecule has 1 atom stereocenters. The van der Waals surface area contributed by atoms with Gasteiger partial charge in [0.25, 0.3) is 11.8 Å². The standard InChI is InChI=1S/C31H39F2N7O5S/c1-31(2)18-40(46(43,44)22-14-19(32)13-20(33)15-22)17-24-27(31)36-37-28(24)35-29(41)23-9-8-21(39(5)11-10-38(3)4)16-25(23)34-30(42)26-7-6-12-45-26/h8-9,13-16,26H,6-7,10-12,17-18H2,1-5H3,(H,34,42)(H2,35,36,37,41)/t26-/m1/s1. The summed E-state index contributed by atoms with van der Waals surface area (Å²) in [4.78, 5) is 30.4. The van der Waals surface area contributed by atoms with Crippen LogP contribution in [0.1, 0.15) is 48.3 Å². The molecule has 2 aromatic carbocycles. The van der Waals surface area contributed by atoms with Crippen molar-refractivity contribution in [2.75, 3.05) is 62.9 Å². The Morgan fingerprint density at radius 2 is 1.80 bits per heavy atom. The number of rotatable bonds is 10. The van der Waals surface area contributed by atoms with E-state index in [0.29, 0.717) is 36.9 Å². The number of nitrogens with zero attached hydrogens (tertiary/aromatic N) is 4. The number of hydrogen-bond donors (Lipinski definition) is 3. The number of H-pyrrole nitrogens is 1. The average Bonchev–Trinajstić information content (AvgIpc) is 3.66. The van der Waals surface area contributed by atoms with E-state index in [1.54, 1.807) is 32.0 Å². The van der Waals surface area contributed by atoms with Crippen LogP contribution in [0.15, 0.2) is 41.3 Å². The minimum atomic E-state index is -4.32. The Labute approximate surface area is 267 Å². The van der Waals surface area contributed by atoms with E-state index in [2.05, 4.69) is 20.8 Å². The molecular weight excluding hydrogens is 620 g/mol. The molecule has 2 amide bonds. The fourth-order valence-electron chi connectivity index (χ4n) is 5.65. The average molecular weight is 660 g/mol. The summed E-state index contributed by atoms with van der Waals surface area (Å²) in [5.74, 6) is -2.85. The summed E-state index contributed by atoms with van der Waals surface area (Å²) in [6, 6.07) is 7.27. The molecule has 2 aliphatic rings. The fourth-order valence-corrected chi connectivity index (χ4v) is 7.27. The van der Waals surface area contributed by atoms with Gasteiger partial charge in [0.05, 0.1) is 16.1 Å². The maximum absolute atomic E-state index is 14.0. The summed E-state index contributed by atoms with van der Waals surface area (Å²) in [6.45, 7) is 5.37. The van der Waals surface area contributed by atoms with Crippen LogP contribution >= 0.6 is 0 Å². The van der Waals surface area contributed by atoms with Gasteiger partial charge < -0.3 is 25.2 Å². The second kappa shape index (κ2) is 13.1. The largest absolute Gasteiger partial charge is 0.373 e. The van der Waals surface area contributed by atoms with E-state index in [1.807, 2.05) is 30.9 Å². The molecule has 0 spiro atoms. The van der Waals surface area contributed by atoms with Gasteiger partial charge in [-0.1, -0.05) is 13.8 Å². The number of aromatic nitrogens is 2. The molecule has 1 saturated heterocycles. The molecule has 3 aromatic rings. The summed E-state index contributed by atoms with van der Waals surface area (Å²) in [5, 5.41) is 12.9. The van der Waals surface area contributed by atoms with Gasteiger partial charge in [-0.2, -0.15) is 9.40 Å². The highest BCUT2D eigenvalue weighted by Crippen LogP contribution is 2.38. The van der Waals surface area contributed by atoms with Crippen molar-refractivity contribution in [1.82, 2.24) is 19.4 Å². The van der Waals surface area contributed by atoms with Crippen molar-refractivity contribution < 1.29 is 31.5 Å². The zero-order valence-corrected chi connectivity index (χ0v) is 27.3. The predicted octanol–water partition coefficient (Wildman–Crippen LogP) is 3.54. The molecule has 3 N–H and O–H groups in total. The molecular formula is C31H39F2N7O5S. The first-order chi connectivity index (χ1) is 21.7. The summed E-state index contributed by atoms with van der Waals surface area (Å²) >= 11 is 0. The lowest BCUT2D eigenvalue weighted by molar-refractivity contribution is -0.124. The third-order valence-electron chi connectivity index (χ3n) is 8.21. The zero-order valence-electron chi connectivity index (χ0n) is 26.5. The molecule has 1 aromatic heterocycles. The highest BCUT2D eigenvalue weighted by atomic mass is 32.2. The minimum absolute atomic E-state index is 0.00172. The number of fused-ring (bicyclic) bond motifs is 1. The topological polar surface area (TPSA) is 140 Å². The third kappa shape index (κ3) is 7.07. The van der Waals surface area contributed by atoms with Crippen LogP contribution in [-0.4, -0.2) is 93.1 Å². The van der Waals surface area contributed by atoms with E-state index in [4.69, 9.17) is 4.74 Å². The maximum atomic E-state index is 14.0. The van der Waals surface area contributed by atoms with E-state index >= 15 is 0 Å². The van der Waals surface area contributed by atoms with Crippen molar-refractivity contribution in [2.24, 2.45) is 0 Å². The Morgan fingerprint density at radius 1 is 1.09 bits per heavy atom. The van der Waals surface area contributed by atoms with Crippen LogP contribution in [0.4, 0.5) is 26.0 Å². The van der Waals surface area contributed by atoms with Gasteiger partial charge in [-0.3, -0.25) is 14.7 Å². The second-order valence-electron chi connectivity index (χ2n) is 12.6. The molecule has 15 heteroatoms. The van der Waals surface area contributed by atoms with Crippen LogP contribution in [0, 0.1) is 11.6 Å². The molecule has 3 heterocycles.